The van der Waals surface area contributed by atoms with Gasteiger partial charge in [0.1, 0.15) is 0 Å². The summed E-state index contributed by atoms with van der Waals surface area (Å²) in [4.78, 5) is 45.2. The first-order valence-electron chi connectivity index (χ1n) is 4.50. The normalized spacial score (nSPS) is 12.9. The van der Waals surface area contributed by atoms with E-state index < -0.39 is 48.0 Å². The Labute approximate surface area is 96.1 Å². The Hall–Kier alpha value is -1.84. The number of rotatable bonds is 7. The van der Waals surface area contributed by atoms with E-state index >= 15 is 0 Å². The molecule has 1 unspecified atom stereocenters. The Kier molecular flexibility index (Phi) is 4.88. The van der Waals surface area contributed by atoms with Gasteiger partial charge in [-0.2, -0.15) is 0 Å². The summed E-state index contributed by atoms with van der Waals surface area (Å²) in [7, 11) is 0. The molecule has 0 fully saturated rings. The SMILES string of the molecule is NCC(=O)C(C(N)=O)(C(=O)CN)C(O)C(N)=O. The van der Waals surface area contributed by atoms with Crippen molar-refractivity contribution in [3.05, 3.63) is 0 Å². The van der Waals surface area contributed by atoms with Crippen molar-refractivity contribution < 1.29 is 24.3 Å². The summed E-state index contributed by atoms with van der Waals surface area (Å²) in [6, 6.07) is 0. The number of ketones is 2. The Morgan fingerprint density at radius 2 is 1.35 bits per heavy atom. The number of primary amides is 2. The maximum absolute atomic E-state index is 11.6. The summed E-state index contributed by atoms with van der Waals surface area (Å²) >= 11 is 0. The van der Waals surface area contributed by atoms with Crippen LogP contribution in [0.2, 0.25) is 0 Å². The van der Waals surface area contributed by atoms with Gasteiger partial charge in [0.25, 0.3) is 0 Å². The zero-order valence-electron chi connectivity index (χ0n) is 8.88. The van der Waals surface area contributed by atoms with Crippen LogP contribution in [0.15, 0.2) is 0 Å². The number of aliphatic hydroxyl groups excluding tert-OH is 1. The molecule has 0 aromatic carbocycles. The highest BCUT2D eigenvalue weighted by Gasteiger charge is 2.57. The van der Waals surface area contributed by atoms with Crippen molar-refractivity contribution in [2.75, 3.05) is 13.1 Å². The van der Waals surface area contributed by atoms with Gasteiger partial charge in [-0.3, -0.25) is 19.2 Å². The summed E-state index contributed by atoms with van der Waals surface area (Å²) in [5.41, 5.74) is 16.9. The highest BCUT2D eigenvalue weighted by molar-refractivity contribution is 6.27. The molecule has 0 aliphatic carbocycles. The molecule has 0 saturated carbocycles. The predicted octanol–water partition coefficient (Wildman–Crippen LogP) is -4.64. The van der Waals surface area contributed by atoms with Crippen LogP contribution in [0.4, 0.5) is 0 Å². The minimum absolute atomic E-state index is 0.779. The molecule has 0 aliphatic rings. The molecule has 9 heteroatoms. The van der Waals surface area contributed by atoms with E-state index in [0.29, 0.717) is 0 Å². The first-order chi connectivity index (χ1) is 7.76. The van der Waals surface area contributed by atoms with Crippen LogP contribution >= 0.6 is 0 Å². The summed E-state index contributed by atoms with van der Waals surface area (Å²) in [5.74, 6) is -5.40. The largest absolute Gasteiger partial charge is 0.381 e. The molecule has 0 saturated heterocycles. The third-order valence-electron chi connectivity index (χ3n) is 2.32. The van der Waals surface area contributed by atoms with Crippen molar-refractivity contribution in [2.45, 2.75) is 6.10 Å². The molecule has 0 aliphatic heterocycles. The number of nitrogens with two attached hydrogens (primary N) is 4. The zero-order chi connectivity index (χ0) is 13.8. The first kappa shape index (κ1) is 15.2. The van der Waals surface area contributed by atoms with Crippen LogP contribution in [-0.2, 0) is 19.2 Å². The second-order valence-corrected chi connectivity index (χ2v) is 3.23. The van der Waals surface area contributed by atoms with Crippen molar-refractivity contribution in [3.8, 4) is 0 Å². The molecule has 0 spiro atoms. The minimum atomic E-state index is -2.81. The molecule has 1 atom stereocenters. The summed E-state index contributed by atoms with van der Waals surface area (Å²) < 4.78 is 0. The molecule has 2 amide bonds. The molecule has 0 rings (SSSR count). The van der Waals surface area contributed by atoms with Crippen LogP contribution in [0.5, 0.6) is 0 Å². The number of carbonyl (C=O) groups excluding carboxylic acids is 4. The van der Waals surface area contributed by atoms with Gasteiger partial charge >= 0.3 is 0 Å². The number of hydrogen-bond acceptors (Lipinski definition) is 7. The van der Waals surface area contributed by atoms with Gasteiger partial charge in [0.2, 0.25) is 17.2 Å². The van der Waals surface area contributed by atoms with Crippen LogP contribution in [0, 0.1) is 5.41 Å². The second-order valence-electron chi connectivity index (χ2n) is 3.23. The maximum Gasteiger partial charge on any atom is 0.248 e. The lowest BCUT2D eigenvalue weighted by Crippen LogP contribution is -2.63. The second kappa shape index (κ2) is 5.48. The van der Waals surface area contributed by atoms with Gasteiger partial charge in [0, 0.05) is 0 Å². The highest BCUT2D eigenvalue weighted by Crippen LogP contribution is 2.24. The molecule has 0 aromatic heterocycles. The molecular weight excluding hydrogens is 232 g/mol. The van der Waals surface area contributed by atoms with Crippen molar-refractivity contribution >= 4 is 23.4 Å². The molecule has 96 valence electrons. The van der Waals surface area contributed by atoms with Crippen LogP contribution in [-0.4, -0.2) is 47.7 Å². The van der Waals surface area contributed by atoms with Crippen molar-refractivity contribution in [2.24, 2.45) is 28.3 Å². The lowest BCUT2D eigenvalue weighted by Gasteiger charge is -2.29. The maximum atomic E-state index is 11.6. The zero-order valence-corrected chi connectivity index (χ0v) is 8.88. The van der Waals surface area contributed by atoms with Crippen molar-refractivity contribution in [3.63, 3.8) is 0 Å². The number of amides is 2. The quantitative estimate of drug-likeness (QED) is 0.278. The van der Waals surface area contributed by atoms with E-state index in [2.05, 4.69) is 0 Å². The Balaban J connectivity index is 5.91. The van der Waals surface area contributed by atoms with Gasteiger partial charge in [-0.1, -0.05) is 0 Å². The van der Waals surface area contributed by atoms with Gasteiger partial charge < -0.3 is 28.0 Å². The Bertz CT molecular complexity index is 351. The fraction of sp³-hybridized carbons (Fsp3) is 0.500. The van der Waals surface area contributed by atoms with Crippen LogP contribution in [0.25, 0.3) is 0 Å². The fourth-order valence-corrected chi connectivity index (χ4v) is 1.41. The summed E-state index contributed by atoms with van der Waals surface area (Å²) in [6.07, 6.45) is -2.40. The minimum Gasteiger partial charge on any atom is -0.381 e. The van der Waals surface area contributed by atoms with E-state index in [1.54, 1.807) is 0 Å². The standard InChI is InChI=1S/C8H14N4O5/c9-1-3(13)8(7(12)17,4(14)2-10)5(15)6(11)16/h5,15H,1-2,9-10H2,(H2,11,16)(H2,12,17). The van der Waals surface area contributed by atoms with E-state index in [-0.39, 0.29) is 0 Å². The smallest absolute Gasteiger partial charge is 0.248 e. The van der Waals surface area contributed by atoms with Crippen LogP contribution < -0.4 is 22.9 Å². The van der Waals surface area contributed by atoms with E-state index in [1.165, 1.54) is 0 Å². The molecule has 0 radical (unpaired) electrons. The summed E-state index contributed by atoms with van der Waals surface area (Å²) in [6.45, 7) is -1.56. The van der Waals surface area contributed by atoms with E-state index in [0.717, 1.165) is 0 Å². The number of hydrogen-bond donors (Lipinski definition) is 5. The third-order valence-corrected chi connectivity index (χ3v) is 2.32. The lowest BCUT2D eigenvalue weighted by atomic mass is 9.73. The average molecular weight is 246 g/mol. The number of carbonyl (C=O) groups is 4. The van der Waals surface area contributed by atoms with Gasteiger partial charge in [0.15, 0.2) is 17.7 Å². The van der Waals surface area contributed by atoms with Crippen LogP contribution in [0.3, 0.4) is 0 Å². The lowest BCUT2D eigenvalue weighted by molar-refractivity contribution is -0.160. The molecule has 0 bridgehead atoms. The monoisotopic (exact) mass is 246 g/mol. The van der Waals surface area contributed by atoms with Crippen molar-refractivity contribution in [1.29, 1.82) is 0 Å². The van der Waals surface area contributed by atoms with Gasteiger partial charge in [-0.25, -0.2) is 0 Å². The first-order valence-corrected chi connectivity index (χ1v) is 4.50. The number of aliphatic hydroxyl groups is 1. The fourth-order valence-electron chi connectivity index (χ4n) is 1.41. The van der Waals surface area contributed by atoms with Crippen molar-refractivity contribution in [1.82, 2.24) is 0 Å². The molecule has 0 heterocycles. The topological polar surface area (TPSA) is 193 Å². The molecule has 0 aromatic rings. The molecule has 17 heavy (non-hydrogen) atoms. The third kappa shape index (κ3) is 2.30. The van der Waals surface area contributed by atoms with Gasteiger partial charge in [-0.05, 0) is 0 Å². The highest BCUT2D eigenvalue weighted by atomic mass is 16.3. The Morgan fingerprint density at radius 1 is 1.00 bits per heavy atom. The molecule has 9 N–H and O–H groups in total. The van der Waals surface area contributed by atoms with Gasteiger partial charge in [-0.15, -0.1) is 0 Å². The predicted molar refractivity (Wildman–Crippen MR) is 55.0 cm³/mol. The molecular formula is C8H14N4O5. The average Bonchev–Trinajstić information content (AvgIpc) is 2.28. The van der Waals surface area contributed by atoms with Gasteiger partial charge in [0.05, 0.1) is 13.1 Å². The summed E-state index contributed by atoms with van der Waals surface area (Å²) in [5, 5.41) is 9.48. The Morgan fingerprint density at radius 3 is 1.53 bits per heavy atom. The van der Waals surface area contributed by atoms with E-state index in [9.17, 15) is 24.3 Å². The van der Waals surface area contributed by atoms with E-state index in [4.69, 9.17) is 22.9 Å². The number of Topliss-reactive ketones (excluding diaryl/α,β-unsaturated/α-hetero) is 2. The van der Waals surface area contributed by atoms with Crippen LogP contribution in [0.1, 0.15) is 0 Å². The molecule has 9 nitrogen and oxygen atoms in total. The van der Waals surface area contributed by atoms with E-state index in [1.807, 2.05) is 0 Å².